The summed E-state index contributed by atoms with van der Waals surface area (Å²) in [6.07, 6.45) is 5.78. The minimum atomic E-state index is -0.392. The van der Waals surface area contributed by atoms with Crippen molar-refractivity contribution in [2.45, 2.75) is 18.9 Å². The van der Waals surface area contributed by atoms with E-state index in [4.69, 9.17) is 21.1 Å². The van der Waals surface area contributed by atoms with Crippen LogP contribution >= 0.6 is 11.6 Å². The van der Waals surface area contributed by atoms with Gasteiger partial charge in [0.2, 0.25) is 0 Å². The smallest absolute Gasteiger partial charge is 0.332 e. The first-order valence-electron chi connectivity index (χ1n) is 7.34. The van der Waals surface area contributed by atoms with E-state index >= 15 is 0 Å². The molecule has 0 bridgehead atoms. The molecule has 6 nitrogen and oxygen atoms in total. The monoisotopic (exact) mass is 333 g/mol. The summed E-state index contributed by atoms with van der Waals surface area (Å²) in [6.45, 7) is 1.27. The van der Waals surface area contributed by atoms with Crippen molar-refractivity contribution in [3.63, 3.8) is 0 Å². The molecule has 1 aliphatic rings. The normalized spacial score (nSPS) is 15.9. The molecule has 2 heterocycles. The summed E-state index contributed by atoms with van der Waals surface area (Å²) in [5.74, 6) is 0.145. The molecule has 0 radical (unpaired) electrons. The van der Waals surface area contributed by atoms with E-state index in [9.17, 15) is 4.79 Å². The molecule has 0 atom stereocenters. The van der Waals surface area contributed by atoms with Gasteiger partial charge >= 0.3 is 5.97 Å². The van der Waals surface area contributed by atoms with Gasteiger partial charge in [-0.25, -0.2) is 14.5 Å². The minimum Gasteiger partial charge on any atom is -0.459 e. The number of carbonyl (C=O) groups is 1. The van der Waals surface area contributed by atoms with Gasteiger partial charge < -0.3 is 9.47 Å². The summed E-state index contributed by atoms with van der Waals surface area (Å²) < 4.78 is 12.0. The summed E-state index contributed by atoms with van der Waals surface area (Å²) >= 11 is 5.95. The van der Waals surface area contributed by atoms with Crippen LogP contribution in [0.2, 0.25) is 5.02 Å². The largest absolute Gasteiger partial charge is 0.459 e. The van der Waals surface area contributed by atoms with Gasteiger partial charge in [-0.1, -0.05) is 23.7 Å². The molecule has 1 fully saturated rings. The second-order valence-electron chi connectivity index (χ2n) is 5.12. The minimum absolute atomic E-state index is 0.0707. The first-order chi connectivity index (χ1) is 11.2. The Bertz CT molecular complexity index is 708. The molecule has 1 saturated heterocycles. The Kier molecular flexibility index (Phi) is 5.05. The number of ether oxygens (including phenoxy) is 2. The molecule has 0 saturated carbocycles. The Morgan fingerprint density at radius 1 is 1.39 bits per heavy atom. The lowest BCUT2D eigenvalue weighted by atomic mass is 10.1. The highest BCUT2D eigenvalue weighted by Gasteiger charge is 2.16. The van der Waals surface area contributed by atoms with Gasteiger partial charge in [0.05, 0.1) is 13.2 Å². The maximum Gasteiger partial charge on any atom is 0.332 e. The second kappa shape index (κ2) is 7.39. The van der Waals surface area contributed by atoms with Crippen LogP contribution in [0.15, 0.2) is 36.7 Å². The average Bonchev–Trinajstić information content (AvgIpc) is 3.03. The number of benzene rings is 1. The van der Waals surface area contributed by atoms with Crippen molar-refractivity contribution in [3.8, 4) is 11.4 Å². The summed E-state index contributed by atoms with van der Waals surface area (Å²) in [6, 6.07) is 7.27. The lowest BCUT2D eigenvalue weighted by molar-refractivity contribution is -0.146. The molecule has 0 aliphatic carbocycles. The zero-order valence-corrected chi connectivity index (χ0v) is 13.1. The molecule has 1 aliphatic heterocycles. The lowest BCUT2D eigenvalue weighted by Crippen LogP contribution is -2.25. The second-order valence-corrected chi connectivity index (χ2v) is 5.56. The van der Waals surface area contributed by atoms with Crippen molar-refractivity contribution in [2.75, 3.05) is 13.2 Å². The number of hydrogen-bond acceptors (Lipinski definition) is 5. The molecule has 0 spiro atoms. The van der Waals surface area contributed by atoms with Crippen LogP contribution in [0.5, 0.6) is 0 Å². The van der Waals surface area contributed by atoms with Crippen LogP contribution in [-0.2, 0) is 14.3 Å². The quantitative estimate of drug-likeness (QED) is 0.636. The molecule has 120 valence electrons. The molecule has 7 heteroatoms. The van der Waals surface area contributed by atoms with E-state index in [0.717, 1.165) is 18.4 Å². The van der Waals surface area contributed by atoms with Gasteiger partial charge in [0.1, 0.15) is 12.4 Å². The number of nitrogens with zero attached hydrogens (tertiary/aromatic N) is 3. The SMILES string of the molecule is O=C(/C=C\n1cnc(-c2cccc(Cl)c2)n1)OC1CCOCC1. The van der Waals surface area contributed by atoms with Gasteiger partial charge in [-0.05, 0) is 12.1 Å². The molecule has 0 amide bonds. The van der Waals surface area contributed by atoms with Gasteiger partial charge in [0.15, 0.2) is 5.82 Å². The fourth-order valence-electron chi connectivity index (χ4n) is 2.24. The van der Waals surface area contributed by atoms with Crippen LogP contribution in [0.1, 0.15) is 12.8 Å². The Balaban J connectivity index is 1.60. The van der Waals surface area contributed by atoms with Crippen LogP contribution < -0.4 is 0 Å². The van der Waals surface area contributed by atoms with Gasteiger partial charge in [-0.3, -0.25) is 0 Å². The summed E-state index contributed by atoms with van der Waals surface area (Å²) in [7, 11) is 0. The first-order valence-corrected chi connectivity index (χ1v) is 7.72. The van der Waals surface area contributed by atoms with Crippen molar-refractivity contribution in [2.24, 2.45) is 0 Å². The Labute approximate surface area is 138 Å². The van der Waals surface area contributed by atoms with Crippen molar-refractivity contribution in [1.29, 1.82) is 0 Å². The van der Waals surface area contributed by atoms with E-state index in [0.29, 0.717) is 24.1 Å². The highest BCUT2D eigenvalue weighted by atomic mass is 35.5. The maximum atomic E-state index is 11.8. The van der Waals surface area contributed by atoms with Gasteiger partial charge in [0, 0.05) is 35.7 Å². The van der Waals surface area contributed by atoms with E-state index < -0.39 is 5.97 Å². The van der Waals surface area contributed by atoms with Crippen LogP contribution in [-0.4, -0.2) is 40.1 Å². The first kappa shape index (κ1) is 15.7. The number of aromatic nitrogens is 3. The third-order valence-electron chi connectivity index (χ3n) is 3.41. The molecule has 2 aromatic rings. The fourth-order valence-corrected chi connectivity index (χ4v) is 2.43. The van der Waals surface area contributed by atoms with Crippen molar-refractivity contribution in [3.05, 3.63) is 41.7 Å². The van der Waals surface area contributed by atoms with Crippen molar-refractivity contribution < 1.29 is 14.3 Å². The molecule has 23 heavy (non-hydrogen) atoms. The topological polar surface area (TPSA) is 66.2 Å². The van der Waals surface area contributed by atoms with Gasteiger partial charge in [-0.15, -0.1) is 5.10 Å². The summed E-state index contributed by atoms with van der Waals surface area (Å²) in [4.78, 5) is 16.0. The Hall–Kier alpha value is -2.18. The number of halogens is 1. The van der Waals surface area contributed by atoms with Crippen LogP contribution in [0, 0.1) is 0 Å². The summed E-state index contributed by atoms with van der Waals surface area (Å²) in [5.41, 5.74) is 0.814. The fraction of sp³-hybridized carbons (Fsp3) is 0.312. The molecule has 0 N–H and O–H groups in total. The predicted octanol–water partition coefficient (Wildman–Crippen LogP) is 2.79. The number of esters is 1. The number of hydrogen-bond donors (Lipinski definition) is 0. The van der Waals surface area contributed by atoms with E-state index in [2.05, 4.69) is 10.1 Å². The Morgan fingerprint density at radius 3 is 3.00 bits per heavy atom. The molecule has 1 aromatic heterocycles. The van der Waals surface area contributed by atoms with Crippen LogP contribution in [0.3, 0.4) is 0 Å². The highest BCUT2D eigenvalue weighted by molar-refractivity contribution is 6.30. The highest BCUT2D eigenvalue weighted by Crippen LogP contribution is 2.18. The number of carbonyl (C=O) groups excluding carboxylic acids is 1. The standard InChI is InChI=1S/C16H16ClN3O3/c17-13-3-1-2-12(10-13)16-18-11-20(19-16)7-4-15(21)23-14-5-8-22-9-6-14/h1-4,7,10-11,14H,5-6,8-9H2/b7-4-. The molecule has 1 aromatic carbocycles. The average molecular weight is 334 g/mol. The molecule has 3 rings (SSSR count). The molecule has 0 unspecified atom stereocenters. The van der Waals surface area contributed by atoms with Crippen LogP contribution in [0.25, 0.3) is 17.6 Å². The van der Waals surface area contributed by atoms with E-state index in [-0.39, 0.29) is 6.10 Å². The summed E-state index contributed by atoms with van der Waals surface area (Å²) in [5, 5.41) is 4.89. The predicted molar refractivity (Wildman–Crippen MR) is 85.7 cm³/mol. The molecular weight excluding hydrogens is 318 g/mol. The van der Waals surface area contributed by atoms with E-state index in [1.807, 2.05) is 12.1 Å². The lowest BCUT2D eigenvalue weighted by Gasteiger charge is -2.21. The zero-order chi connectivity index (χ0) is 16.1. The van der Waals surface area contributed by atoms with Crippen molar-refractivity contribution in [1.82, 2.24) is 14.8 Å². The third kappa shape index (κ3) is 4.40. The van der Waals surface area contributed by atoms with Gasteiger partial charge in [-0.2, -0.15) is 0 Å². The van der Waals surface area contributed by atoms with Crippen LogP contribution in [0.4, 0.5) is 0 Å². The van der Waals surface area contributed by atoms with Gasteiger partial charge in [0.25, 0.3) is 0 Å². The maximum absolute atomic E-state index is 11.8. The Morgan fingerprint density at radius 2 is 2.22 bits per heavy atom. The zero-order valence-electron chi connectivity index (χ0n) is 12.4. The molecular formula is C16H16ClN3O3. The van der Waals surface area contributed by atoms with E-state index in [1.165, 1.54) is 23.3 Å². The van der Waals surface area contributed by atoms with E-state index in [1.54, 1.807) is 12.1 Å². The number of rotatable bonds is 4. The van der Waals surface area contributed by atoms with Crippen molar-refractivity contribution >= 4 is 23.8 Å². The third-order valence-corrected chi connectivity index (χ3v) is 3.64.